The van der Waals surface area contributed by atoms with Crippen LogP contribution in [0.1, 0.15) is 46.7 Å². The summed E-state index contributed by atoms with van der Waals surface area (Å²) in [7, 11) is 0. The summed E-state index contributed by atoms with van der Waals surface area (Å²) >= 11 is 0. The number of hydrogen-bond acceptors (Lipinski definition) is 3. The second-order valence-corrected chi connectivity index (χ2v) is 5.40. The highest BCUT2D eigenvalue weighted by Gasteiger charge is 2.23. The molecule has 100 valence electrons. The van der Waals surface area contributed by atoms with Crippen LogP contribution in [0.25, 0.3) is 0 Å². The molecule has 4 heteroatoms. The van der Waals surface area contributed by atoms with Gasteiger partial charge in [0.15, 0.2) is 0 Å². The first-order chi connectivity index (χ1) is 8.19. The molecule has 1 rings (SSSR count). The molecule has 0 saturated heterocycles. The lowest BCUT2D eigenvalue weighted by atomic mass is 9.99. The molecule has 0 aliphatic heterocycles. The van der Waals surface area contributed by atoms with Gasteiger partial charge in [-0.15, -0.1) is 0 Å². The molecular formula is C14H22N2O2. The summed E-state index contributed by atoms with van der Waals surface area (Å²) in [5, 5.41) is 12.0. The van der Waals surface area contributed by atoms with Crippen LogP contribution < -0.4 is 5.32 Å². The van der Waals surface area contributed by atoms with Crippen molar-refractivity contribution in [3.63, 3.8) is 0 Å². The Balaban J connectivity index is 3.19. The van der Waals surface area contributed by atoms with Crippen molar-refractivity contribution in [1.82, 2.24) is 10.3 Å². The third-order valence-electron chi connectivity index (χ3n) is 3.25. The number of aliphatic hydroxyl groups excluding tert-OH is 1. The largest absolute Gasteiger partial charge is 0.394 e. The van der Waals surface area contributed by atoms with Crippen LogP contribution in [0.2, 0.25) is 0 Å². The third-order valence-corrected chi connectivity index (χ3v) is 3.25. The maximum Gasteiger partial charge on any atom is 0.253 e. The molecule has 0 aliphatic carbocycles. The Labute approximate surface area is 108 Å². The molecule has 1 aromatic rings. The van der Waals surface area contributed by atoms with E-state index in [4.69, 9.17) is 0 Å². The van der Waals surface area contributed by atoms with Crippen molar-refractivity contribution in [3.05, 3.63) is 28.1 Å². The molecule has 0 fully saturated rings. The predicted octanol–water partition coefficient (Wildman–Crippen LogP) is 1.82. The molecule has 0 spiro atoms. The molecule has 1 aromatic heterocycles. The van der Waals surface area contributed by atoms with Crippen molar-refractivity contribution in [2.24, 2.45) is 0 Å². The molecule has 0 aromatic carbocycles. The Morgan fingerprint density at radius 3 is 2.22 bits per heavy atom. The summed E-state index contributed by atoms with van der Waals surface area (Å²) in [5.74, 6) is -0.181. The van der Waals surface area contributed by atoms with E-state index in [1.54, 1.807) is 13.8 Å². The average Bonchev–Trinajstić information content (AvgIpc) is 2.25. The molecule has 0 radical (unpaired) electrons. The summed E-state index contributed by atoms with van der Waals surface area (Å²) in [6, 6.07) is 0. The quantitative estimate of drug-likeness (QED) is 0.860. The SMILES string of the molecule is Cc1nc(C)c(C(=O)NC(C)(C)CO)c(C)c1C. The second-order valence-electron chi connectivity index (χ2n) is 5.40. The van der Waals surface area contributed by atoms with Gasteiger partial charge in [0.1, 0.15) is 0 Å². The number of aromatic nitrogens is 1. The van der Waals surface area contributed by atoms with Crippen LogP contribution in [-0.2, 0) is 0 Å². The van der Waals surface area contributed by atoms with E-state index in [1.165, 1.54) is 0 Å². The van der Waals surface area contributed by atoms with Gasteiger partial charge in [-0.3, -0.25) is 9.78 Å². The van der Waals surface area contributed by atoms with E-state index in [1.807, 2.05) is 27.7 Å². The zero-order chi connectivity index (χ0) is 14.1. The van der Waals surface area contributed by atoms with Crippen LogP contribution in [0.5, 0.6) is 0 Å². The van der Waals surface area contributed by atoms with Crippen molar-refractivity contribution >= 4 is 5.91 Å². The first kappa shape index (κ1) is 14.6. The first-order valence-corrected chi connectivity index (χ1v) is 6.07. The molecule has 0 aliphatic rings. The van der Waals surface area contributed by atoms with Gasteiger partial charge >= 0.3 is 0 Å². The van der Waals surface area contributed by atoms with Crippen molar-refractivity contribution in [2.75, 3.05) is 6.61 Å². The lowest BCUT2D eigenvalue weighted by Gasteiger charge is -2.24. The topological polar surface area (TPSA) is 62.2 Å². The van der Waals surface area contributed by atoms with Crippen LogP contribution in [0.4, 0.5) is 0 Å². The number of carbonyl (C=O) groups excluding carboxylic acids is 1. The predicted molar refractivity (Wildman–Crippen MR) is 71.8 cm³/mol. The van der Waals surface area contributed by atoms with Gasteiger partial charge in [-0.1, -0.05) is 0 Å². The minimum atomic E-state index is -0.630. The lowest BCUT2D eigenvalue weighted by Crippen LogP contribution is -2.46. The van der Waals surface area contributed by atoms with Gasteiger partial charge in [0, 0.05) is 5.69 Å². The van der Waals surface area contributed by atoms with Gasteiger partial charge in [0.25, 0.3) is 5.91 Å². The smallest absolute Gasteiger partial charge is 0.253 e. The molecule has 0 atom stereocenters. The van der Waals surface area contributed by atoms with E-state index >= 15 is 0 Å². The van der Waals surface area contributed by atoms with Gasteiger partial charge in [-0.05, 0) is 52.7 Å². The molecule has 1 amide bonds. The van der Waals surface area contributed by atoms with E-state index in [9.17, 15) is 9.90 Å². The Kier molecular flexibility index (Phi) is 4.12. The monoisotopic (exact) mass is 250 g/mol. The fraction of sp³-hybridized carbons (Fsp3) is 0.571. The van der Waals surface area contributed by atoms with Gasteiger partial charge in [0.2, 0.25) is 0 Å². The molecule has 4 nitrogen and oxygen atoms in total. The van der Waals surface area contributed by atoms with E-state index in [2.05, 4.69) is 10.3 Å². The fourth-order valence-corrected chi connectivity index (χ4v) is 1.87. The summed E-state index contributed by atoms with van der Waals surface area (Å²) in [6.45, 7) is 11.1. The standard InChI is InChI=1S/C14H22N2O2/c1-8-9(2)12(11(4)15-10(8)3)13(18)16-14(5,6)7-17/h17H,7H2,1-6H3,(H,16,18). The van der Waals surface area contributed by atoms with E-state index in [-0.39, 0.29) is 12.5 Å². The first-order valence-electron chi connectivity index (χ1n) is 6.07. The minimum absolute atomic E-state index is 0.102. The maximum atomic E-state index is 12.3. The number of nitrogens with zero attached hydrogens (tertiary/aromatic N) is 1. The number of carbonyl (C=O) groups is 1. The summed E-state index contributed by atoms with van der Waals surface area (Å²) < 4.78 is 0. The number of amides is 1. The van der Waals surface area contributed by atoms with Crippen molar-refractivity contribution in [3.8, 4) is 0 Å². The molecular weight excluding hydrogens is 228 g/mol. The zero-order valence-corrected chi connectivity index (χ0v) is 12.0. The molecule has 0 unspecified atom stereocenters. The van der Waals surface area contributed by atoms with Gasteiger partial charge < -0.3 is 10.4 Å². The van der Waals surface area contributed by atoms with Gasteiger partial charge in [-0.2, -0.15) is 0 Å². The normalized spacial score (nSPS) is 11.5. The van der Waals surface area contributed by atoms with Gasteiger partial charge in [-0.25, -0.2) is 0 Å². The Hall–Kier alpha value is -1.42. The van der Waals surface area contributed by atoms with Crippen LogP contribution >= 0.6 is 0 Å². The molecule has 1 heterocycles. The minimum Gasteiger partial charge on any atom is -0.394 e. The lowest BCUT2D eigenvalue weighted by molar-refractivity contribution is 0.0867. The Bertz CT molecular complexity index is 479. The van der Waals surface area contributed by atoms with Gasteiger partial charge in [0.05, 0.1) is 23.4 Å². The van der Waals surface area contributed by atoms with E-state index in [0.717, 1.165) is 22.5 Å². The molecule has 0 saturated carbocycles. The maximum absolute atomic E-state index is 12.3. The highest BCUT2D eigenvalue weighted by molar-refractivity contribution is 5.97. The Morgan fingerprint density at radius 1 is 1.17 bits per heavy atom. The second kappa shape index (κ2) is 5.06. The fourth-order valence-electron chi connectivity index (χ4n) is 1.87. The van der Waals surface area contributed by atoms with E-state index in [0.29, 0.717) is 5.56 Å². The highest BCUT2D eigenvalue weighted by Crippen LogP contribution is 2.19. The number of pyridine rings is 1. The van der Waals surface area contributed by atoms with Crippen molar-refractivity contribution in [2.45, 2.75) is 47.1 Å². The third kappa shape index (κ3) is 2.88. The van der Waals surface area contributed by atoms with Crippen molar-refractivity contribution < 1.29 is 9.90 Å². The number of nitrogens with one attached hydrogen (secondary N) is 1. The summed E-state index contributed by atoms with van der Waals surface area (Å²) in [6.07, 6.45) is 0. The summed E-state index contributed by atoms with van der Waals surface area (Å²) in [5.41, 5.74) is 3.64. The number of rotatable bonds is 3. The zero-order valence-electron chi connectivity index (χ0n) is 12.0. The molecule has 0 bridgehead atoms. The van der Waals surface area contributed by atoms with Crippen LogP contribution in [-0.4, -0.2) is 28.1 Å². The van der Waals surface area contributed by atoms with Crippen LogP contribution in [0.3, 0.4) is 0 Å². The van der Waals surface area contributed by atoms with Crippen molar-refractivity contribution in [1.29, 1.82) is 0 Å². The van der Waals surface area contributed by atoms with Crippen LogP contribution in [0, 0.1) is 27.7 Å². The van der Waals surface area contributed by atoms with Crippen LogP contribution in [0.15, 0.2) is 0 Å². The average molecular weight is 250 g/mol. The molecule has 18 heavy (non-hydrogen) atoms. The van der Waals surface area contributed by atoms with E-state index < -0.39 is 5.54 Å². The number of hydrogen-bond donors (Lipinski definition) is 2. The summed E-state index contributed by atoms with van der Waals surface area (Å²) in [4.78, 5) is 16.6. The number of aliphatic hydroxyl groups is 1. The molecule has 2 N–H and O–H groups in total. The highest BCUT2D eigenvalue weighted by atomic mass is 16.3. The number of aryl methyl sites for hydroxylation is 2. The Morgan fingerprint density at radius 2 is 1.72 bits per heavy atom.